The Kier molecular flexibility index (Phi) is 5.12. The summed E-state index contributed by atoms with van der Waals surface area (Å²) in [5, 5.41) is -0.168. The van der Waals surface area contributed by atoms with E-state index in [1.54, 1.807) is 0 Å². The largest absolute Gasteiger partial charge is 0.396 e. The quantitative estimate of drug-likeness (QED) is 0.689. The molecule has 146 valence electrons. The molecule has 1 amide bonds. The molecular formula is C18H12F5N3O2. The number of fused-ring (bicyclic) bond motifs is 1. The van der Waals surface area contributed by atoms with Gasteiger partial charge >= 0.3 is 6.18 Å². The number of aromatic nitrogens is 2. The summed E-state index contributed by atoms with van der Waals surface area (Å²) >= 11 is 0. The molecule has 10 heteroatoms. The lowest BCUT2D eigenvalue weighted by Gasteiger charge is -2.15. The molecule has 0 unspecified atom stereocenters. The molecule has 1 aromatic heterocycles. The molecule has 3 aromatic rings. The van der Waals surface area contributed by atoms with Gasteiger partial charge in [-0.15, -0.1) is 0 Å². The topological polar surface area (TPSA) is 64.0 Å². The summed E-state index contributed by atoms with van der Waals surface area (Å²) in [6.45, 7) is 0. The third-order valence-corrected chi connectivity index (χ3v) is 3.75. The maximum atomic E-state index is 13.4. The number of nitrogens with one attached hydrogen (secondary N) is 1. The average molecular weight is 397 g/mol. The monoisotopic (exact) mass is 397 g/mol. The first-order valence-corrected chi connectivity index (χ1v) is 7.94. The Hall–Kier alpha value is -3.30. The van der Waals surface area contributed by atoms with Gasteiger partial charge in [0.15, 0.2) is 0 Å². The van der Waals surface area contributed by atoms with E-state index >= 15 is 0 Å². The molecule has 28 heavy (non-hydrogen) atoms. The molecule has 0 fully saturated rings. The van der Waals surface area contributed by atoms with Crippen LogP contribution in [0.15, 0.2) is 47.3 Å². The van der Waals surface area contributed by atoms with E-state index in [0.29, 0.717) is 4.68 Å². The second-order valence-corrected chi connectivity index (χ2v) is 5.96. The SMILES string of the molecule is O=C(Cc1cccc(F)c1)Nn1c(CC(F)(F)F)nc2cc(F)ccc2c1=O. The predicted molar refractivity (Wildman–Crippen MR) is 90.2 cm³/mol. The minimum Gasteiger partial charge on any atom is -0.273 e. The van der Waals surface area contributed by atoms with Crippen molar-refractivity contribution in [2.24, 2.45) is 0 Å². The number of amides is 1. The van der Waals surface area contributed by atoms with Crippen molar-refractivity contribution in [1.29, 1.82) is 0 Å². The van der Waals surface area contributed by atoms with Gasteiger partial charge in [0.2, 0.25) is 5.91 Å². The lowest BCUT2D eigenvalue weighted by atomic mass is 10.1. The van der Waals surface area contributed by atoms with Crippen LogP contribution in [0.1, 0.15) is 11.4 Å². The summed E-state index contributed by atoms with van der Waals surface area (Å²) in [6, 6.07) is 7.91. The molecule has 5 nitrogen and oxygen atoms in total. The van der Waals surface area contributed by atoms with Crippen molar-refractivity contribution in [3.05, 3.63) is 75.8 Å². The van der Waals surface area contributed by atoms with Gasteiger partial charge in [0.1, 0.15) is 23.9 Å². The predicted octanol–water partition coefficient (Wildman–Crippen LogP) is 3.09. The first kappa shape index (κ1) is 19.5. The summed E-state index contributed by atoms with van der Waals surface area (Å²) in [4.78, 5) is 28.4. The van der Waals surface area contributed by atoms with E-state index in [-0.39, 0.29) is 22.9 Å². The first-order chi connectivity index (χ1) is 13.1. The summed E-state index contributed by atoms with van der Waals surface area (Å²) < 4.78 is 65.6. The minimum atomic E-state index is -4.73. The molecule has 0 bridgehead atoms. The smallest absolute Gasteiger partial charge is 0.273 e. The lowest BCUT2D eigenvalue weighted by Crippen LogP contribution is -2.38. The Morgan fingerprint density at radius 1 is 1.07 bits per heavy atom. The summed E-state index contributed by atoms with van der Waals surface area (Å²) in [5.41, 5.74) is 1.07. The highest BCUT2D eigenvalue weighted by atomic mass is 19.4. The van der Waals surface area contributed by atoms with E-state index in [9.17, 15) is 31.5 Å². The van der Waals surface area contributed by atoms with Crippen molar-refractivity contribution in [3.8, 4) is 0 Å². The molecule has 0 aliphatic heterocycles. The Bertz CT molecular complexity index is 1110. The second kappa shape index (κ2) is 7.37. The van der Waals surface area contributed by atoms with Crippen molar-refractivity contribution in [2.45, 2.75) is 19.0 Å². The number of hydrogen-bond donors (Lipinski definition) is 1. The summed E-state index contributed by atoms with van der Waals surface area (Å²) in [7, 11) is 0. The zero-order chi connectivity index (χ0) is 20.5. The number of nitrogens with zero attached hydrogens (tertiary/aromatic N) is 2. The fraction of sp³-hybridized carbons (Fsp3) is 0.167. The number of carbonyl (C=O) groups is 1. The Balaban J connectivity index is 2.01. The standard InChI is InChI=1S/C18H12F5N3O2/c19-11-3-1-2-10(6-11)7-16(27)25-26-15(9-18(21,22)23)24-14-8-12(20)4-5-13(14)17(26)28/h1-6,8H,7,9H2,(H,25,27). The van der Waals surface area contributed by atoms with Crippen molar-refractivity contribution >= 4 is 16.8 Å². The minimum absolute atomic E-state index is 0.168. The van der Waals surface area contributed by atoms with Crippen LogP contribution in [0.4, 0.5) is 22.0 Å². The van der Waals surface area contributed by atoms with Crippen molar-refractivity contribution in [2.75, 3.05) is 5.43 Å². The van der Waals surface area contributed by atoms with E-state index in [0.717, 1.165) is 24.3 Å². The van der Waals surface area contributed by atoms with Crippen LogP contribution in [-0.4, -0.2) is 21.7 Å². The fourth-order valence-corrected chi connectivity index (χ4v) is 2.61. The Morgan fingerprint density at radius 3 is 2.46 bits per heavy atom. The molecule has 0 saturated carbocycles. The van der Waals surface area contributed by atoms with Crippen LogP contribution in [0.25, 0.3) is 10.9 Å². The van der Waals surface area contributed by atoms with E-state index in [4.69, 9.17) is 0 Å². The molecule has 2 aromatic carbocycles. The summed E-state index contributed by atoms with van der Waals surface area (Å²) in [6.07, 6.45) is -6.72. The Labute approximate surface area is 154 Å². The normalized spacial score (nSPS) is 11.6. The van der Waals surface area contributed by atoms with Crippen LogP contribution in [0.2, 0.25) is 0 Å². The maximum Gasteiger partial charge on any atom is 0.396 e. The van der Waals surface area contributed by atoms with Gasteiger partial charge in [0, 0.05) is 6.07 Å². The van der Waals surface area contributed by atoms with Crippen LogP contribution >= 0.6 is 0 Å². The highest BCUT2D eigenvalue weighted by Gasteiger charge is 2.31. The molecule has 3 rings (SSSR count). The molecule has 0 saturated heterocycles. The van der Waals surface area contributed by atoms with Gasteiger partial charge < -0.3 is 0 Å². The van der Waals surface area contributed by atoms with Crippen LogP contribution in [0, 0.1) is 11.6 Å². The van der Waals surface area contributed by atoms with Crippen molar-refractivity contribution < 1.29 is 26.7 Å². The van der Waals surface area contributed by atoms with E-state index in [1.807, 2.05) is 0 Å². The molecule has 0 spiro atoms. The van der Waals surface area contributed by atoms with Crippen LogP contribution in [0.3, 0.4) is 0 Å². The third kappa shape index (κ3) is 4.51. The molecule has 0 radical (unpaired) electrons. The highest BCUT2D eigenvalue weighted by molar-refractivity contribution is 5.86. The fourth-order valence-electron chi connectivity index (χ4n) is 2.61. The van der Waals surface area contributed by atoms with E-state index < -0.39 is 41.5 Å². The van der Waals surface area contributed by atoms with E-state index in [2.05, 4.69) is 10.4 Å². The van der Waals surface area contributed by atoms with Gasteiger partial charge in [-0.2, -0.15) is 13.2 Å². The van der Waals surface area contributed by atoms with Crippen LogP contribution in [0.5, 0.6) is 0 Å². The van der Waals surface area contributed by atoms with Gasteiger partial charge in [-0.05, 0) is 29.8 Å². The maximum absolute atomic E-state index is 13.4. The number of carbonyl (C=O) groups excluding carboxylic acids is 1. The number of hydrogen-bond acceptors (Lipinski definition) is 3. The molecule has 1 N–H and O–H groups in total. The third-order valence-electron chi connectivity index (χ3n) is 3.75. The van der Waals surface area contributed by atoms with Crippen LogP contribution in [-0.2, 0) is 17.6 Å². The van der Waals surface area contributed by atoms with Gasteiger partial charge in [0.25, 0.3) is 5.56 Å². The van der Waals surface area contributed by atoms with Gasteiger partial charge in [-0.25, -0.2) is 18.4 Å². The van der Waals surface area contributed by atoms with Gasteiger partial charge in [-0.1, -0.05) is 12.1 Å². The molecule has 0 atom stereocenters. The lowest BCUT2D eigenvalue weighted by molar-refractivity contribution is -0.129. The number of rotatable bonds is 4. The van der Waals surface area contributed by atoms with Gasteiger partial charge in [0.05, 0.1) is 17.3 Å². The number of alkyl halides is 3. The van der Waals surface area contributed by atoms with E-state index in [1.165, 1.54) is 18.2 Å². The average Bonchev–Trinajstić information content (AvgIpc) is 2.56. The summed E-state index contributed by atoms with van der Waals surface area (Å²) in [5.74, 6) is -3.01. The van der Waals surface area contributed by atoms with Crippen molar-refractivity contribution in [1.82, 2.24) is 9.66 Å². The molecule has 0 aliphatic rings. The van der Waals surface area contributed by atoms with Gasteiger partial charge in [-0.3, -0.25) is 15.0 Å². The zero-order valence-corrected chi connectivity index (χ0v) is 14.1. The molecule has 0 aliphatic carbocycles. The Morgan fingerprint density at radius 2 is 1.79 bits per heavy atom. The first-order valence-electron chi connectivity index (χ1n) is 7.94. The van der Waals surface area contributed by atoms with Crippen LogP contribution < -0.4 is 11.0 Å². The number of benzene rings is 2. The van der Waals surface area contributed by atoms with Crippen molar-refractivity contribution in [3.63, 3.8) is 0 Å². The highest BCUT2D eigenvalue weighted by Crippen LogP contribution is 2.21. The zero-order valence-electron chi connectivity index (χ0n) is 14.1. The second-order valence-electron chi connectivity index (χ2n) is 5.96. The molecular weight excluding hydrogens is 385 g/mol. The molecule has 1 heterocycles. The number of halogens is 5.